The molecule has 0 aromatic heterocycles. The molecule has 0 aliphatic carbocycles. The van der Waals surface area contributed by atoms with Gasteiger partial charge in [0.1, 0.15) is 24.4 Å². The average molecular weight is 710 g/mol. The van der Waals surface area contributed by atoms with Gasteiger partial charge in [-0.25, -0.2) is 0 Å². The number of carbonyl (C=O) groups is 1. The van der Waals surface area contributed by atoms with Gasteiger partial charge in [0.05, 0.1) is 25.4 Å². The molecule has 1 amide bonds. The number of unbranched alkanes of at least 4 members (excludes halogenated alkanes) is 18. The number of nitrogens with one attached hydrogen (secondary N) is 1. The van der Waals surface area contributed by atoms with Crippen LogP contribution in [0.2, 0.25) is 0 Å². The zero-order valence-electron chi connectivity index (χ0n) is 31.6. The minimum atomic E-state index is -1.57. The van der Waals surface area contributed by atoms with E-state index in [1.807, 2.05) is 6.08 Å². The van der Waals surface area contributed by atoms with E-state index in [2.05, 4.69) is 43.5 Å². The van der Waals surface area contributed by atoms with Gasteiger partial charge < -0.3 is 40.3 Å². The first-order chi connectivity index (χ1) is 24.3. The fourth-order valence-electron chi connectivity index (χ4n) is 6.11. The van der Waals surface area contributed by atoms with Gasteiger partial charge in [0.15, 0.2) is 6.29 Å². The Morgan fingerprint density at radius 1 is 0.660 bits per heavy atom. The fraction of sp³-hybridized carbons (Fsp3) is 0.829. The summed E-state index contributed by atoms with van der Waals surface area (Å²) in [4.78, 5) is 12.8. The molecule has 6 N–H and O–H groups in total. The predicted octanol–water partition coefficient (Wildman–Crippen LogP) is 7.33. The second-order valence-electron chi connectivity index (χ2n) is 14.1. The molecule has 1 fully saturated rings. The van der Waals surface area contributed by atoms with Crippen molar-refractivity contribution in [3.63, 3.8) is 0 Å². The second kappa shape index (κ2) is 32.1. The van der Waals surface area contributed by atoms with Crippen molar-refractivity contribution in [1.82, 2.24) is 5.32 Å². The van der Waals surface area contributed by atoms with E-state index in [0.717, 1.165) is 64.2 Å². The van der Waals surface area contributed by atoms with Crippen LogP contribution in [0.25, 0.3) is 0 Å². The van der Waals surface area contributed by atoms with Crippen LogP contribution in [0.4, 0.5) is 0 Å². The average Bonchev–Trinajstić information content (AvgIpc) is 3.11. The molecule has 7 atom stereocenters. The Morgan fingerprint density at radius 2 is 1.18 bits per heavy atom. The van der Waals surface area contributed by atoms with Gasteiger partial charge in [0, 0.05) is 6.42 Å². The SMILES string of the molecule is CCC/C=C\CCCCCCCC(=O)NC(COC1OC(CO)C(O)C(O)C1O)C(O)/C=C/CC/C=C/CCCCCCCCCCCCC. The van der Waals surface area contributed by atoms with Gasteiger partial charge in [-0.3, -0.25) is 4.79 Å². The number of aliphatic hydroxyl groups excluding tert-OH is 5. The minimum absolute atomic E-state index is 0.201. The maximum Gasteiger partial charge on any atom is 0.220 e. The Kier molecular flexibility index (Phi) is 29.8. The summed E-state index contributed by atoms with van der Waals surface area (Å²) < 4.78 is 11.1. The molecule has 1 aliphatic rings. The van der Waals surface area contributed by atoms with Crippen LogP contribution in [0, 0.1) is 0 Å². The third-order valence-corrected chi connectivity index (χ3v) is 9.42. The van der Waals surface area contributed by atoms with Gasteiger partial charge in [-0.1, -0.05) is 140 Å². The summed E-state index contributed by atoms with van der Waals surface area (Å²) in [6, 6.07) is -0.822. The first-order valence-electron chi connectivity index (χ1n) is 20.2. The number of aliphatic hydroxyl groups is 5. The lowest BCUT2D eigenvalue weighted by molar-refractivity contribution is -0.302. The number of ether oxygens (including phenoxy) is 2. The second-order valence-corrected chi connectivity index (χ2v) is 14.1. The van der Waals surface area contributed by atoms with Crippen LogP contribution in [0.3, 0.4) is 0 Å². The number of amides is 1. The molecule has 0 bridgehead atoms. The Morgan fingerprint density at radius 3 is 1.76 bits per heavy atom. The highest BCUT2D eigenvalue weighted by Gasteiger charge is 2.44. The van der Waals surface area contributed by atoms with Gasteiger partial charge in [-0.05, 0) is 51.4 Å². The standard InChI is InChI=1S/C41H75NO8/c1-3-5-7-9-11-13-15-16-17-18-19-20-21-22-24-26-28-30-35(44)34(33-49-41-40(48)39(47)38(46)36(32-43)50-41)42-37(45)31-29-27-25-23-14-12-10-8-6-4-2/h8,10,21-22,28,30,34-36,38-41,43-44,46-48H,3-7,9,11-20,23-27,29,31-33H2,1-2H3,(H,42,45)/b10-8-,22-21+,30-28+. The quantitative estimate of drug-likeness (QED) is 0.0314. The summed E-state index contributed by atoms with van der Waals surface area (Å²) in [6.45, 7) is 3.66. The van der Waals surface area contributed by atoms with Crippen molar-refractivity contribution < 1.29 is 39.8 Å². The van der Waals surface area contributed by atoms with Crippen molar-refractivity contribution in [2.45, 2.75) is 204 Å². The van der Waals surface area contributed by atoms with Crippen LogP contribution in [-0.4, -0.2) is 87.5 Å². The zero-order chi connectivity index (χ0) is 36.7. The Balaban J connectivity index is 2.45. The molecule has 9 nitrogen and oxygen atoms in total. The molecule has 1 aliphatic heterocycles. The number of carbonyl (C=O) groups excluding carboxylic acids is 1. The Hall–Kier alpha value is -1.59. The summed E-state index contributed by atoms with van der Waals surface area (Å²) in [7, 11) is 0. The molecule has 0 radical (unpaired) electrons. The van der Waals surface area contributed by atoms with Crippen molar-refractivity contribution in [3.05, 3.63) is 36.5 Å². The highest BCUT2D eigenvalue weighted by molar-refractivity contribution is 5.76. The van der Waals surface area contributed by atoms with Crippen LogP contribution in [0.5, 0.6) is 0 Å². The van der Waals surface area contributed by atoms with Crippen LogP contribution < -0.4 is 5.32 Å². The lowest BCUT2D eigenvalue weighted by atomic mass is 9.99. The maximum atomic E-state index is 12.8. The van der Waals surface area contributed by atoms with E-state index in [4.69, 9.17) is 9.47 Å². The van der Waals surface area contributed by atoms with E-state index in [1.165, 1.54) is 77.0 Å². The smallest absolute Gasteiger partial charge is 0.220 e. The summed E-state index contributed by atoms with van der Waals surface area (Å²) in [6.07, 6.45) is 30.5. The monoisotopic (exact) mass is 710 g/mol. The van der Waals surface area contributed by atoms with Gasteiger partial charge in [-0.15, -0.1) is 0 Å². The number of hydrogen-bond acceptors (Lipinski definition) is 8. The van der Waals surface area contributed by atoms with Crippen LogP contribution >= 0.6 is 0 Å². The topological polar surface area (TPSA) is 149 Å². The third-order valence-electron chi connectivity index (χ3n) is 9.42. The molecule has 0 aromatic rings. The van der Waals surface area contributed by atoms with Crippen molar-refractivity contribution in [2.24, 2.45) is 0 Å². The largest absolute Gasteiger partial charge is 0.394 e. The fourth-order valence-corrected chi connectivity index (χ4v) is 6.11. The molecule has 1 rings (SSSR count). The van der Waals surface area contributed by atoms with Crippen molar-refractivity contribution in [1.29, 1.82) is 0 Å². The third kappa shape index (κ3) is 23.1. The van der Waals surface area contributed by atoms with Gasteiger partial charge in [-0.2, -0.15) is 0 Å². The summed E-state index contributed by atoms with van der Waals surface area (Å²) in [5.41, 5.74) is 0. The van der Waals surface area contributed by atoms with Crippen LogP contribution in [-0.2, 0) is 14.3 Å². The van der Waals surface area contributed by atoms with Crippen LogP contribution in [0.15, 0.2) is 36.5 Å². The van der Waals surface area contributed by atoms with Crippen molar-refractivity contribution in [3.8, 4) is 0 Å². The Labute approximate surface area is 304 Å². The molecule has 0 aromatic carbocycles. The van der Waals surface area contributed by atoms with Gasteiger partial charge in [0.2, 0.25) is 5.91 Å². The minimum Gasteiger partial charge on any atom is -0.394 e. The molecular formula is C41H75NO8. The van der Waals surface area contributed by atoms with Crippen molar-refractivity contribution in [2.75, 3.05) is 13.2 Å². The van der Waals surface area contributed by atoms with E-state index < -0.39 is 49.5 Å². The molecule has 50 heavy (non-hydrogen) atoms. The molecule has 7 unspecified atom stereocenters. The van der Waals surface area contributed by atoms with E-state index >= 15 is 0 Å². The molecule has 0 saturated carbocycles. The highest BCUT2D eigenvalue weighted by atomic mass is 16.7. The lowest BCUT2D eigenvalue weighted by Gasteiger charge is -2.40. The Bertz CT molecular complexity index is 879. The first kappa shape index (κ1) is 46.4. The summed E-state index contributed by atoms with van der Waals surface area (Å²) >= 11 is 0. The molecule has 0 spiro atoms. The normalized spacial score (nSPS) is 22.6. The van der Waals surface area contributed by atoms with E-state index in [-0.39, 0.29) is 12.5 Å². The van der Waals surface area contributed by atoms with Crippen LogP contribution in [0.1, 0.15) is 162 Å². The van der Waals surface area contributed by atoms with E-state index in [1.54, 1.807) is 6.08 Å². The molecule has 292 valence electrons. The predicted molar refractivity (Wildman–Crippen MR) is 203 cm³/mol. The molecule has 1 heterocycles. The molecular weight excluding hydrogens is 634 g/mol. The van der Waals surface area contributed by atoms with E-state index in [9.17, 15) is 30.3 Å². The number of allylic oxidation sites excluding steroid dienone is 5. The maximum absolute atomic E-state index is 12.8. The number of rotatable bonds is 32. The first-order valence-corrected chi connectivity index (χ1v) is 20.2. The summed E-state index contributed by atoms with van der Waals surface area (Å²) in [5.74, 6) is -0.201. The van der Waals surface area contributed by atoms with Crippen molar-refractivity contribution >= 4 is 5.91 Å². The lowest BCUT2D eigenvalue weighted by Crippen LogP contribution is -2.60. The van der Waals surface area contributed by atoms with Gasteiger partial charge >= 0.3 is 0 Å². The number of hydrogen-bond donors (Lipinski definition) is 6. The van der Waals surface area contributed by atoms with Gasteiger partial charge in [0.25, 0.3) is 0 Å². The molecule has 9 heteroatoms. The zero-order valence-corrected chi connectivity index (χ0v) is 31.6. The van der Waals surface area contributed by atoms with E-state index in [0.29, 0.717) is 6.42 Å². The highest BCUT2D eigenvalue weighted by Crippen LogP contribution is 2.22. The summed E-state index contributed by atoms with van der Waals surface area (Å²) in [5, 5.41) is 53.9. The molecule has 1 saturated heterocycles.